The van der Waals surface area contributed by atoms with Gasteiger partial charge in [0.25, 0.3) is 0 Å². The third-order valence-corrected chi connectivity index (χ3v) is 7.28. The van der Waals surface area contributed by atoms with E-state index >= 15 is 0 Å². The molecule has 0 aliphatic heterocycles. The molecule has 0 bridgehead atoms. The van der Waals surface area contributed by atoms with Crippen LogP contribution < -0.4 is 0 Å². The normalized spacial score (nSPS) is 14.1. The van der Waals surface area contributed by atoms with Crippen molar-refractivity contribution in [2.24, 2.45) is 5.92 Å². The summed E-state index contributed by atoms with van der Waals surface area (Å²) < 4.78 is 15.5. The molecule has 0 N–H and O–H groups in total. The van der Waals surface area contributed by atoms with Crippen LogP contribution in [0, 0.1) is 11.7 Å². The number of aromatic nitrogens is 1. The van der Waals surface area contributed by atoms with E-state index in [4.69, 9.17) is 0 Å². The molecule has 0 atom stereocenters. The van der Waals surface area contributed by atoms with Crippen molar-refractivity contribution in [1.82, 2.24) is 14.4 Å². The molecule has 1 aromatic heterocycles. The van der Waals surface area contributed by atoms with Gasteiger partial charge < -0.3 is 14.4 Å². The van der Waals surface area contributed by atoms with E-state index in [0.717, 1.165) is 42.5 Å². The Hall–Kier alpha value is -3.41. The summed E-state index contributed by atoms with van der Waals surface area (Å²) in [5.74, 6) is -0.174. The molecule has 1 aliphatic carbocycles. The van der Waals surface area contributed by atoms with Crippen molar-refractivity contribution in [3.63, 3.8) is 0 Å². The molecule has 3 aromatic rings. The zero-order valence-electron chi connectivity index (χ0n) is 22.0. The Balaban J connectivity index is 1.53. The van der Waals surface area contributed by atoms with Crippen molar-refractivity contribution in [3.8, 4) is 0 Å². The van der Waals surface area contributed by atoms with Crippen LogP contribution in [0.3, 0.4) is 0 Å². The average Bonchev–Trinajstić information content (AvgIpc) is 3.35. The molecule has 2 amide bonds. The second-order valence-electron chi connectivity index (χ2n) is 10.4. The lowest BCUT2D eigenvalue weighted by atomic mass is 9.88. The molecule has 196 valence electrons. The summed E-state index contributed by atoms with van der Waals surface area (Å²) in [5.41, 5.74) is 3.02. The highest BCUT2D eigenvalue weighted by Gasteiger charge is 2.30. The zero-order valence-corrected chi connectivity index (χ0v) is 22.0. The summed E-state index contributed by atoms with van der Waals surface area (Å²) >= 11 is 0. The monoisotopic (exact) mass is 503 g/mol. The first-order chi connectivity index (χ1) is 17.9. The molecule has 37 heavy (non-hydrogen) atoms. The lowest BCUT2D eigenvalue weighted by Crippen LogP contribution is -2.48. The molecule has 1 heterocycles. The van der Waals surface area contributed by atoms with Gasteiger partial charge in [0, 0.05) is 36.9 Å². The maximum absolute atomic E-state index is 13.8. The first-order valence-electron chi connectivity index (χ1n) is 13.4. The number of carbonyl (C=O) groups is 2. The number of halogens is 1. The van der Waals surface area contributed by atoms with Crippen LogP contribution in [0.15, 0.2) is 72.9 Å². The SMILES string of the molecule is CC(C)N(CC(=O)N(Cc1ccccc1)Cc1cccn1Cc1ccc(F)cc1)C(=O)C1CCCCC1. The fourth-order valence-electron chi connectivity index (χ4n) is 5.11. The molecule has 0 radical (unpaired) electrons. The lowest BCUT2D eigenvalue weighted by molar-refractivity contribution is -0.145. The molecule has 1 saturated carbocycles. The summed E-state index contributed by atoms with van der Waals surface area (Å²) in [4.78, 5) is 30.8. The second kappa shape index (κ2) is 12.7. The minimum atomic E-state index is -0.256. The maximum atomic E-state index is 13.8. The topological polar surface area (TPSA) is 45.6 Å². The molecule has 0 saturated heterocycles. The van der Waals surface area contributed by atoms with Crippen LogP contribution in [-0.2, 0) is 29.2 Å². The van der Waals surface area contributed by atoms with Crippen LogP contribution in [0.5, 0.6) is 0 Å². The van der Waals surface area contributed by atoms with Crippen molar-refractivity contribution >= 4 is 11.8 Å². The van der Waals surface area contributed by atoms with E-state index in [1.54, 1.807) is 17.0 Å². The molecule has 1 fully saturated rings. The fraction of sp³-hybridized carbons (Fsp3) is 0.419. The molecule has 0 spiro atoms. The van der Waals surface area contributed by atoms with Gasteiger partial charge in [0.05, 0.1) is 6.54 Å². The average molecular weight is 504 g/mol. The van der Waals surface area contributed by atoms with Crippen LogP contribution in [-0.4, -0.2) is 38.8 Å². The minimum absolute atomic E-state index is 0.0273. The smallest absolute Gasteiger partial charge is 0.242 e. The Morgan fingerprint density at radius 3 is 2.27 bits per heavy atom. The number of benzene rings is 2. The predicted octanol–water partition coefficient (Wildman–Crippen LogP) is 6.02. The number of rotatable bonds is 10. The van der Waals surface area contributed by atoms with Crippen molar-refractivity contribution in [2.75, 3.05) is 6.54 Å². The van der Waals surface area contributed by atoms with Gasteiger partial charge in [-0.2, -0.15) is 0 Å². The van der Waals surface area contributed by atoms with E-state index in [1.165, 1.54) is 18.6 Å². The van der Waals surface area contributed by atoms with Gasteiger partial charge in [-0.1, -0.05) is 61.7 Å². The summed E-state index contributed by atoms with van der Waals surface area (Å²) in [5, 5.41) is 0. The number of amides is 2. The standard InChI is InChI=1S/C31H38FN3O2/c1-24(2)35(31(37)27-12-7-4-8-13-27)23-30(36)34(21-25-10-5-3-6-11-25)22-29-14-9-19-33(29)20-26-15-17-28(32)18-16-26/h3,5-6,9-11,14-19,24,27H,4,7-8,12-13,20-23H2,1-2H3. The Morgan fingerprint density at radius 1 is 0.892 bits per heavy atom. The predicted molar refractivity (Wildman–Crippen MR) is 144 cm³/mol. The molecule has 4 rings (SSSR count). The van der Waals surface area contributed by atoms with Crippen molar-refractivity contribution in [3.05, 3.63) is 95.6 Å². The van der Waals surface area contributed by atoms with Crippen LogP contribution in [0.2, 0.25) is 0 Å². The van der Waals surface area contributed by atoms with E-state index in [2.05, 4.69) is 4.57 Å². The van der Waals surface area contributed by atoms with E-state index in [0.29, 0.717) is 19.6 Å². The maximum Gasteiger partial charge on any atom is 0.242 e. The molecular weight excluding hydrogens is 465 g/mol. The first-order valence-corrected chi connectivity index (χ1v) is 13.4. The van der Waals surface area contributed by atoms with Gasteiger partial charge in [-0.25, -0.2) is 4.39 Å². The lowest BCUT2D eigenvalue weighted by Gasteiger charge is -2.34. The Labute approximate surface area is 219 Å². The summed E-state index contributed by atoms with van der Waals surface area (Å²) in [6.07, 6.45) is 7.17. The Kier molecular flexibility index (Phi) is 9.15. The third-order valence-electron chi connectivity index (χ3n) is 7.28. The van der Waals surface area contributed by atoms with Gasteiger partial charge in [-0.3, -0.25) is 9.59 Å². The molecule has 2 aromatic carbocycles. The van der Waals surface area contributed by atoms with E-state index < -0.39 is 0 Å². The molecule has 5 nitrogen and oxygen atoms in total. The number of nitrogens with zero attached hydrogens (tertiary/aromatic N) is 3. The number of carbonyl (C=O) groups excluding carboxylic acids is 2. The van der Waals surface area contributed by atoms with Gasteiger partial charge in [-0.15, -0.1) is 0 Å². The minimum Gasteiger partial charge on any atom is -0.345 e. The fourth-order valence-corrected chi connectivity index (χ4v) is 5.11. The Bertz CT molecular complexity index is 1150. The molecular formula is C31H38FN3O2. The van der Waals surface area contributed by atoms with Crippen molar-refractivity contribution in [2.45, 2.75) is 71.6 Å². The number of hydrogen-bond acceptors (Lipinski definition) is 2. The summed E-state index contributed by atoms with van der Waals surface area (Å²) in [6, 6.07) is 20.4. The van der Waals surface area contributed by atoms with Crippen LogP contribution in [0.25, 0.3) is 0 Å². The second-order valence-corrected chi connectivity index (χ2v) is 10.4. The number of hydrogen-bond donors (Lipinski definition) is 0. The van der Waals surface area contributed by atoms with Gasteiger partial charge in [0.1, 0.15) is 12.4 Å². The highest BCUT2D eigenvalue weighted by molar-refractivity contribution is 5.86. The molecule has 1 aliphatic rings. The first kappa shape index (κ1) is 26.6. The molecule has 0 unspecified atom stereocenters. The largest absolute Gasteiger partial charge is 0.345 e. The Morgan fingerprint density at radius 2 is 1.59 bits per heavy atom. The van der Waals surface area contributed by atoms with E-state index in [9.17, 15) is 14.0 Å². The van der Waals surface area contributed by atoms with Crippen LogP contribution >= 0.6 is 0 Å². The van der Waals surface area contributed by atoms with E-state index in [1.807, 2.05) is 67.4 Å². The van der Waals surface area contributed by atoms with Gasteiger partial charge in [-0.05, 0) is 62.1 Å². The van der Waals surface area contributed by atoms with Crippen LogP contribution in [0.1, 0.15) is 62.8 Å². The van der Waals surface area contributed by atoms with Gasteiger partial charge >= 0.3 is 0 Å². The highest BCUT2D eigenvalue weighted by Crippen LogP contribution is 2.26. The third kappa shape index (κ3) is 7.31. The van der Waals surface area contributed by atoms with E-state index in [-0.39, 0.29) is 36.1 Å². The molecule has 6 heteroatoms. The van der Waals surface area contributed by atoms with Crippen molar-refractivity contribution < 1.29 is 14.0 Å². The van der Waals surface area contributed by atoms with Gasteiger partial charge in [0.15, 0.2) is 0 Å². The zero-order chi connectivity index (χ0) is 26.2. The highest BCUT2D eigenvalue weighted by atomic mass is 19.1. The summed E-state index contributed by atoms with van der Waals surface area (Å²) in [6.45, 7) is 5.54. The van der Waals surface area contributed by atoms with Crippen molar-refractivity contribution in [1.29, 1.82) is 0 Å². The van der Waals surface area contributed by atoms with Gasteiger partial charge in [0.2, 0.25) is 11.8 Å². The van der Waals surface area contributed by atoms with Crippen LogP contribution in [0.4, 0.5) is 4.39 Å². The summed E-state index contributed by atoms with van der Waals surface area (Å²) in [7, 11) is 0. The quantitative estimate of drug-likeness (QED) is 0.340.